The van der Waals surface area contributed by atoms with Gasteiger partial charge in [0, 0.05) is 36.5 Å². The van der Waals surface area contributed by atoms with Crippen LogP contribution in [0.2, 0.25) is 5.02 Å². The fourth-order valence-corrected chi connectivity index (χ4v) is 3.78. The number of morpholine rings is 1. The second kappa shape index (κ2) is 11.2. The molecule has 12 nitrogen and oxygen atoms in total. The van der Waals surface area contributed by atoms with Crippen molar-refractivity contribution in [3.8, 4) is 11.3 Å². The molecule has 0 aliphatic carbocycles. The Morgan fingerprint density at radius 3 is 2.58 bits per heavy atom. The highest BCUT2D eigenvalue weighted by atomic mass is 35.5. The first-order valence-electron chi connectivity index (χ1n) is 11.4. The van der Waals surface area contributed by atoms with E-state index < -0.39 is 4.92 Å². The number of non-ortho nitro benzene ring substituents is 1. The Hall–Kier alpha value is -4.62. The van der Waals surface area contributed by atoms with Crippen LogP contribution in [0.4, 0.5) is 33.6 Å². The van der Waals surface area contributed by atoms with Crippen molar-refractivity contribution < 1.29 is 18.5 Å². The van der Waals surface area contributed by atoms with Crippen LogP contribution in [-0.4, -0.2) is 52.4 Å². The van der Waals surface area contributed by atoms with E-state index in [1.807, 2.05) is 4.90 Å². The lowest BCUT2D eigenvalue weighted by molar-refractivity contribution is -0.384. The van der Waals surface area contributed by atoms with Gasteiger partial charge in [0.2, 0.25) is 17.8 Å². The van der Waals surface area contributed by atoms with Crippen molar-refractivity contribution in [2.75, 3.05) is 41.9 Å². The van der Waals surface area contributed by atoms with E-state index in [-0.39, 0.29) is 23.4 Å². The number of hydrogen-bond donors (Lipinski definition) is 2. The van der Waals surface area contributed by atoms with Crippen LogP contribution in [-0.2, 0) is 4.74 Å². The van der Waals surface area contributed by atoms with Crippen LogP contribution in [0.5, 0.6) is 0 Å². The fraction of sp³-hybridized carbons (Fsp3) is 0.167. The van der Waals surface area contributed by atoms with Crippen molar-refractivity contribution >= 4 is 47.0 Å². The number of nitro groups is 1. The number of ether oxygens (including phenoxy) is 1. The monoisotopic (exact) mass is 538 g/mol. The molecule has 14 heteroatoms. The lowest BCUT2D eigenvalue weighted by atomic mass is 10.1. The molecule has 194 valence electrons. The van der Waals surface area contributed by atoms with E-state index in [1.165, 1.54) is 36.5 Å². The molecule has 1 aliphatic rings. The summed E-state index contributed by atoms with van der Waals surface area (Å²) in [6.45, 7) is 2.31. The number of hydrazone groups is 1. The number of aromatic nitrogens is 3. The van der Waals surface area contributed by atoms with Crippen LogP contribution in [0.1, 0.15) is 5.76 Å². The number of nitro benzene ring substituents is 1. The number of halogens is 2. The van der Waals surface area contributed by atoms with Crippen LogP contribution in [0.25, 0.3) is 11.3 Å². The van der Waals surface area contributed by atoms with E-state index in [9.17, 15) is 14.5 Å². The molecule has 1 saturated heterocycles. The Balaban J connectivity index is 1.35. The molecule has 0 spiro atoms. The van der Waals surface area contributed by atoms with E-state index in [2.05, 4.69) is 30.8 Å². The molecule has 5 rings (SSSR count). The van der Waals surface area contributed by atoms with Gasteiger partial charge < -0.3 is 19.4 Å². The summed E-state index contributed by atoms with van der Waals surface area (Å²) in [5.74, 6) is 1.18. The lowest BCUT2D eigenvalue weighted by Crippen LogP contribution is -2.37. The summed E-state index contributed by atoms with van der Waals surface area (Å²) in [5, 5.41) is 18.6. The number of nitrogens with one attached hydrogen (secondary N) is 2. The van der Waals surface area contributed by atoms with Crippen molar-refractivity contribution in [2.45, 2.75) is 0 Å². The zero-order chi connectivity index (χ0) is 26.5. The average Bonchev–Trinajstić information content (AvgIpc) is 3.39. The maximum absolute atomic E-state index is 13.3. The average molecular weight is 539 g/mol. The van der Waals surface area contributed by atoms with Gasteiger partial charge in [0.1, 0.15) is 17.3 Å². The molecule has 0 radical (unpaired) electrons. The minimum atomic E-state index is -0.506. The second-order valence-corrected chi connectivity index (χ2v) is 8.41. The first-order chi connectivity index (χ1) is 18.4. The molecule has 0 saturated carbocycles. The largest absolute Gasteiger partial charge is 0.455 e. The van der Waals surface area contributed by atoms with E-state index in [4.69, 9.17) is 20.8 Å². The molecule has 1 fully saturated rings. The van der Waals surface area contributed by atoms with Gasteiger partial charge in [-0.05, 0) is 42.5 Å². The van der Waals surface area contributed by atoms with Crippen molar-refractivity contribution in [2.24, 2.45) is 5.10 Å². The van der Waals surface area contributed by atoms with Gasteiger partial charge in [-0.25, -0.2) is 9.82 Å². The predicted molar refractivity (Wildman–Crippen MR) is 140 cm³/mol. The molecule has 0 atom stereocenters. The van der Waals surface area contributed by atoms with Gasteiger partial charge in [0.05, 0.1) is 29.4 Å². The van der Waals surface area contributed by atoms with Gasteiger partial charge in [0.25, 0.3) is 5.69 Å². The highest BCUT2D eigenvalue weighted by Crippen LogP contribution is 2.32. The zero-order valence-corrected chi connectivity index (χ0v) is 20.4. The zero-order valence-electron chi connectivity index (χ0n) is 19.7. The molecular formula is C24H20ClFN8O4. The van der Waals surface area contributed by atoms with Crippen molar-refractivity contribution in [1.29, 1.82) is 0 Å². The predicted octanol–water partition coefficient (Wildman–Crippen LogP) is 4.86. The SMILES string of the molecule is O=[N+]([O-])c1ccc(Cl)c(-c2ccc(C=NNc3nc(Nc4ccc(F)cc4)nc(N4CCOCC4)n3)o2)c1. The topological polar surface area (TPSA) is 144 Å². The molecule has 0 unspecified atom stereocenters. The van der Waals surface area contributed by atoms with Crippen LogP contribution in [0.3, 0.4) is 0 Å². The maximum atomic E-state index is 13.3. The first kappa shape index (κ1) is 25.0. The van der Waals surface area contributed by atoms with Gasteiger partial charge in [-0.3, -0.25) is 10.1 Å². The molecule has 2 N–H and O–H groups in total. The van der Waals surface area contributed by atoms with Crippen LogP contribution in [0.15, 0.2) is 64.1 Å². The Morgan fingerprint density at radius 1 is 1.05 bits per heavy atom. The second-order valence-electron chi connectivity index (χ2n) is 8.01. The van der Waals surface area contributed by atoms with Crippen LogP contribution in [0, 0.1) is 15.9 Å². The molecule has 2 aromatic heterocycles. The molecule has 0 bridgehead atoms. The van der Waals surface area contributed by atoms with E-state index in [0.29, 0.717) is 60.0 Å². The molecular weight excluding hydrogens is 519 g/mol. The third kappa shape index (κ3) is 6.02. The van der Waals surface area contributed by atoms with Gasteiger partial charge in [-0.15, -0.1) is 0 Å². The standard InChI is InChI=1S/C24H20ClFN8O4/c25-20-7-5-17(34(35)36)13-19(20)21-8-6-18(38-21)14-27-32-23-29-22(28-16-3-1-15(26)2-4-16)30-24(31-23)33-9-11-37-12-10-33/h1-8,13-14H,9-12H2,(H2,28,29,30,31,32). The van der Waals surface area contributed by atoms with Crippen LogP contribution < -0.4 is 15.6 Å². The van der Waals surface area contributed by atoms with E-state index in [0.717, 1.165) is 0 Å². The Labute approximate surface area is 220 Å². The molecule has 1 aliphatic heterocycles. The molecule has 3 heterocycles. The highest BCUT2D eigenvalue weighted by Gasteiger charge is 2.17. The summed E-state index contributed by atoms with van der Waals surface area (Å²) in [4.78, 5) is 25.8. The normalized spacial score (nSPS) is 13.6. The number of nitrogens with zero attached hydrogens (tertiary/aromatic N) is 6. The van der Waals surface area contributed by atoms with Gasteiger partial charge in [-0.2, -0.15) is 20.1 Å². The Bertz CT molecular complexity index is 1470. The molecule has 4 aromatic rings. The number of rotatable bonds is 8. The van der Waals surface area contributed by atoms with Crippen molar-refractivity contribution in [3.05, 3.63) is 81.3 Å². The minimum Gasteiger partial charge on any atom is -0.455 e. The molecule has 2 aromatic carbocycles. The minimum absolute atomic E-state index is 0.103. The van der Waals surface area contributed by atoms with Gasteiger partial charge >= 0.3 is 0 Å². The van der Waals surface area contributed by atoms with Crippen LogP contribution >= 0.6 is 11.6 Å². The summed E-state index contributed by atoms with van der Waals surface area (Å²) < 4.78 is 24.4. The summed E-state index contributed by atoms with van der Waals surface area (Å²) in [6.07, 6.45) is 1.40. The van der Waals surface area contributed by atoms with Gasteiger partial charge in [0.15, 0.2) is 0 Å². The van der Waals surface area contributed by atoms with Crippen molar-refractivity contribution in [1.82, 2.24) is 15.0 Å². The fourth-order valence-electron chi connectivity index (χ4n) is 3.57. The number of furan rings is 1. The summed E-state index contributed by atoms with van der Waals surface area (Å²) in [7, 11) is 0. The molecule has 38 heavy (non-hydrogen) atoms. The van der Waals surface area contributed by atoms with Crippen molar-refractivity contribution in [3.63, 3.8) is 0 Å². The Morgan fingerprint density at radius 2 is 1.82 bits per heavy atom. The third-order valence-electron chi connectivity index (χ3n) is 5.43. The number of hydrogen-bond acceptors (Lipinski definition) is 11. The van der Waals surface area contributed by atoms with E-state index >= 15 is 0 Å². The number of anilines is 4. The quantitative estimate of drug-likeness (QED) is 0.181. The maximum Gasteiger partial charge on any atom is 0.270 e. The molecule has 0 amide bonds. The number of benzene rings is 2. The summed E-state index contributed by atoms with van der Waals surface area (Å²) in [6, 6.07) is 13.2. The Kier molecular flexibility index (Phi) is 7.38. The third-order valence-corrected chi connectivity index (χ3v) is 5.76. The lowest BCUT2D eigenvalue weighted by Gasteiger charge is -2.27. The first-order valence-corrected chi connectivity index (χ1v) is 11.8. The summed E-state index contributed by atoms with van der Waals surface area (Å²) in [5.41, 5.74) is 3.65. The smallest absolute Gasteiger partial charge is 0.270 e. The van der Waals surface area contributed by atoms with E-state index in [1.54, 1.807) is 24.3 Å². The highest BCUT2D eigenvalue weighted by molar-refractivity contribution is 6.33. The summed E-state index contributed by atoms with van der Waals surface area (Å²) >= 11 is 6.20. The van der Waals surface area contributed by atoms with Gasteiger partial charge in [-0.1, -0.05) is 11.6 Å².